The molecule has 0 bridgehead atoms. The van der Waals surface area contributed by atoms with Crippen LogP contribution in [0.5, 0.6) is 5.75 Å². The van der Waals surface area contributed by atoms with Crippen LogP contribution >= 0.6 is 0 Å². The lowest BCUT2D eigenvalue weighted by molar-refractivity contribution is -0.384. The Morgan fingerprint density at radius 3 is 2.68 bits per heavy atom. The maximum Gasteiger partial charge on any atom is 0.307 e. The van der Waals surface area contributed by atoms with Gasteiger partial charge >= 0.3 is 5.97 Å². The summed E-state index contributed by atoms with van der Waals surface area (Å²) in [7, 11) is 1.51. The minimum absolute atomic E-state index is 0.0157. The number of carboxylic acids is 1. The van der Waals surface area contributed by atoms with E-state index < -0.39 is 10.9 Å². The Kier molecular flexibility index (Phi) is 4.38. The number of hydrogen-bond donors (Lipinski definition) is 1. The molecule has 1 N–H and O–H groups in total. The van der Waals surface area contributed by atoms with E-state index >= 15 is 0 Å². The molecule has 3 aromatic rings. The van der Waals surface area contributed by atoms with Crippen LogP contribution in [0.15, 0.2) is 48.7 Å². The summed E-state index contributed by atoms with van der Waals surface area (Å²) in [6.07, 6.45) is 1.69. The maximum atomic E-state index is 11.1. The maximum absolute atomic E-state index is 11.1. The van der Waals surface area contributed by atoms with Gasteiger partial charge in [0.25, 0.3) is 5.69 Å². The number of methoxy groups -OCH3 is 1. The number of nitrogens with zero attached hydrogens (tertiary/aromatic N) is 2. The van der Waals surface area contributed by atoms with Crippen LogP contribution < -0.4 is 4.74 Å². The lowest BCUT2D eigenvalue weighted by Gasteiger charge is -2.10. The number of hydrogen-bond acceptors (Lipinski definition) is 4. The largest absolute Gasteiger partial charge is 0.496 e. The zero-order chi connectivity index (χ0) is 18.0. The van der Waals surface area contributed by atoms with Crippen LogP contribution in [-0.2, 0) is 17.8 Å². The van der Waals surface area contributed by atoms with Gasteiger partial charge in [-0.3, -0.25) is 14.9 Å². The highest BCUT2D eigenvalue weighted by atomic mass is 16.6. The second kappa shape index (κ2) is 6.64. The molecule has 1 heterocycles. The van der Waals surface area contributed by atoms with Crippen molar-refractivity contribution in [2.24, 2.45) is 0 Å². The molecule has 1 aromatic heterocycles. The fourth-order valence-electron chi connectivity index (χ4n) is 2.94. The zero-order valence-corrected chi connectivity index (χ0v) is 13.5. The van der Waals surface area contributed by atoms with Crippen molar-refractivity contribution in [3.63, 3.8) is 0 Å². The third-order valence-electron chi connectivity index (χ3n) is 4.03. The second-order valence-electron chi connectivity index (χ2n) is 5.62. The Balaban J connectivity index is 2.08. The van der Waals surface area contributed by atoms with Gasteiger partial charge in [-0.05, 0) is 17.7 Å². The topological polar surface area (TPSA) is 94.6 Å². The molecule has 0 aliphatic rings. The van der Waals surface area contributed by atoms with E-state index in [0.29, 0.717) is 23.4 Å². The van der Waals surface area contributed by atoms with Crippen molar-refractivity contribution < 1.29 is 19.6 Å². The van der Waals surface area contributed by atoms with Gasteiger partial charge in [-0.1, -0.05) is 18.2 Å². The predicted molar refractivity (Wildman–Crippen MR) is 92.0 cm³/mol. The van der Waals surface area contributed by atoms with Crippen molar-refractivity contribution in [1.29, 1.82) is 0 Å². The zero-order valence-electron chi connectivity index (χ0n) is 13.5. The van der Waals surface area contributed by atoms with Gasteiger partial charge in [-0.2, -0.15) is 0 Å². The van der Waals surface area contributed by atoms with Crippen LogP contribution in [0, 0.1) is 10.1 Å². The fourth-order valence-corrected chi connectivity index (χ4v) is 2.94. The quantitative estimate of drug-likeness (QED) is 0.549. The first-order valence-electron chi connectivity index (χ1n) is 7.59. The van der Waals surface area contributed by atoms with E-state index in [-0.39, 0.29) is 12.1 Å². The average Bonchev–Trinajstić information content (AvgIpc) is 2.92. The summed E-state index contributed by atoms with van der Waals surface area (Å²) in [4.78, 5) is 21.7. The van der Waals surface area contributed by atoms with Gasteiger partial charge in [0.05, 0.1) is 25.0 Å². The number of ether oxygens (including phenoxy) is 1. The van der Waals surface area contributed by atoms with Gasteiger partial charge in [0.2, 0.25) is 0 Å². The van der Waals surface area contributed by atoms with E-state index in [1.54, 1.807) is 12.3 Å². The monoisotopic (exact) mass is 340 g/mol. The summed E-state index contributed by atoms with van der Waals surface area (Å²) >= 11 is 0. The smallest absolute Gasteiger partial charge is 0.307 e. The Morgan fingerprint density at radius 1 is 1.24 bits per heavy atom. The van der Waals surface area contributed by atoms with Crippen molar-refractivity contribution >= 4 is 22.6 Å². The van der Waals surface area contributed by atoms with Crippen molar-refractivity contribution in [1.82, 2.24) is 4.57 Å². The first-order chi connectivity index (χ1) is 12.0. The molecule has 2 aromatic carbocycles. The van der Waals surface area contributed by atoms with Crippen LogP contribution in [0.2, 0.25) is 0 Å². The third-order valence-corrected chi connectivity index (χ3v) is 4.03. The number of benzene rings is 2. The molecule has 0 radical (unpaired) electrons. The van der Waals surface area contributed by atoms with Gasteiger partial charge in [-0.25, -0.2) is 0 Å². The van der Waals surface area contributed by atoms with Crippen molar-refractivity contribution in [2.45, 2.75) is 13.0 Å². The first-order valence-corrected chi connectivity index (χ1v) is 7.59. The number of rotatable bonds is 6. The molecule has 0 atom stereocenters. The van der Waals surface area contributed by atoms with Gasteiger partial charge in [-0.15, -0.1) is 0 Å². The van der Waals surface area contributed by atoms with Crippen LogP contribution in [-0.4, -0.2) is 27.7 Å². The summed E-state index contributed by atoms with van der Waals surface area (Å²) in [5.74, 6) is -0.362. The Morgan fingerprint density at radius 2 is 2.00 bits per heavy atom. The molecule has 7 nitrogen and oxygen atoms in total. The Labute approximate surface area is 143 Å². The lowest BCUT2D eigenvalue weighted by Crippen LogP contribution is -2.02. The van der Waals surface area contributed by atoms with Crippen molar-refractivity contribution in [2.75, 3.05) is 7.11 Å². The highest BCUT2D eigenvalue weighted by Crippen LogP contribution is 2.28. The normalized spacial score (nSPS) is 10.8. The SMILES string of the molecule is COc1ccc([N+](=O)[O-])cc1Cn1cc(CC(=O)O)c2ccccc21. The van der Waals surface area contributed by atoms with E-state index in [4.69, 9.17) is 9.84 Å². The number of non-ortho nitro benzene ring substituents is 1. The number of aromatic nitrogens is 1. The molecular weight excluding hydrogens is 324 g/mol. The summed E-state index contributed by atoms with van der Waals surface area (Å²) in [6, 6.07) is 11.9. The van der Waals surface area contributed by atoms with Crippen LogP contribution in [0.4, 0.5) is 5.69 Å². The number of fused-ring (bicyclic) bond motifs is 1. The van der Waals surface area contributed by atoms with Crippen LogP contribution in [0.3, 0.4) is 0 Å². The molecular formula is C18H16N2O5. The number of carboxylic acid groups (broad SMARTS) is 1. The van der Waals surface area contributed by atoms with Crippen LogP contribution in [0.1, 0.15) is 11.1 Å². The first kappa shape index (κ1) is 16.5. The van der Waals surface area contributed by atoms with Gasteiger partial charge in [0.1, 0.15) is 5.75 Å². The summed E-state index contributed by atoms with van der Waals surface area (Å²) in [5, 5.41) is 21.0. The highest BCUT2D eigenvalue weighted by Gasteiger charge is 2.15. The predicted octanol–water partition coefficient (Wildman–Crippen LogP) is 3.23. The van der Waals surface area contributed by atoms with E-state index in [2.05, 4.69) is 0 Å². The van der Waals surface area contributed by atoms with E-state index in [1.165, 1.54) is 19.2 Å². The molecule has 128 valence electrons. The molecule has 0 spiro atoms. The third kappa shape index (κ3) is 3.30. The summed E-state index contributed by atoms with van der Waals surface area (Å²) < 4.78 is 7.19. The molecule has 0 aliphatic heterocycles. The van der Waals surface area contributed by atoms with E-state index in [1.807, 2.05) is 28.8 Å². The van der Waals surface area contributed by atoms with Gasteiger partial charge < -0.3 is 14.4 Å². The Hall–Kier alpha value is -3.35. The molecule has 7 heteroatoms. The Bertz CT molecular complexity index is 961. The minimum Gasteiger partial charge on any atom is -0.496 e. The molecule has 0 fully saturated rings. The molecule has 0 saturated heterocycles. The van der Waals surface area contributed by atoms with E-state index in [9.17, 15) is 14.9 Å². The highest BCUT2D eigenvalue weighted by molar-refractivity contribution is 5.87. The van der Waals surface area contributed by atoms with Crippen LogP contribution in [0.25, 0.3) is 10.9 Å². The van der Waals surface area contributed by atoms with Crippen molar-refractivity contribution in [3.8, 4) is 5.75 Å². The molecule has 0 saturated carbocycles. The average molecular weight is 340 g/mol. The lowest BCUT2D eigenvalue weighted by atomic mass is 10.1. The number of nitro benzene ring substituents is 1. The molecule has 0 amide bonds. The molecule has 25 heavy (non-hydrogen) atoms. The molecule has 0 unspecified atom stereocenters. The molecule has 0 aliphatic carbocycles. The van der Waals surface area contributed by atoms with Gasteiger partial charge in [0, 0.05) is 34.8 Å². The van der Waals surface area contributed by atoms with Crippen molar-refractivity contribution in [3.05, 3.63) is 69.9 Å². The number of carbonyl (C=O) groups is 1. The molecule has 3 rings (SSSR count). The second-order valence-corrected chi connectivity index (χ2v) is 5.62. The summed E-state index contributed by atoms with van der Waals surface area (Å²) in [6.45, 7) is 0.338. The number of para-hydroxylation sites is 1. The standard InChI is InChI=1S/C18H16N2O5/c1-25-17-7-6-14(20(23)24)8-13(17)11-19-10-12(9-18(21)22)15-4-2-3-5-16(15)19/h2-8,10H,9,11H2,1H3,(H,21,22). The van der Waals surface area contributed by atoms with E-state index in [0.717, 1.165) is 10.9 Å². The number of nitro groups is 1. The van der Waals surface area contributed by atoms with Gasteiger partial charge in [0.15, 0.2) is 0 Å². The number of aliphatic carboxylic acids is 1. The summed E-state index contributed by atoms with van der Waals surface area (Å²) in [5.41, 5.74) is 2.21. The minimum atomic E-state index is -0.907. The fraction of sp³-hybridized carbons (Fsp3) is 0.167.